The third-order valence-corrected chi connectivity index (χ3v) is 6.38. The first-order valence-corrected chi connectivity index (χ1v) is 14.0. The summed E-state index contributed by atoms with van der Waals surface area (Å²) in [6, 6.07) is 8.82. The number of benzene rings is 1. The number of aliphatic hydroxyl groups is 1. The van der Waals surface area contributed by atoms with Crippen molar-refractivity contribution in [3.8, 4) is 0 Å². The molecule has 38 heavy (non-hydrogen) atoms. The van der Waals surface area contributed by atoms with Gasteiger partial charge in [-0.05, 0) is 61.3 Å². The molecule has 0 bridgehead atoms. The van der Waals surface area contributed by atoms with Crippen molar-refractivity contribution < 1.29 is 14.7 Å². The first kappa shape index (κ1) is 34.9. The lowest BCUT2D eigenvalue weighted by molar-refractivity contribution is -0.138. The van der Waals surface area contributed by atoms with E-state index in [1.54, 1.807) is 19.2 Å². The monoisotopic (exact) mass is 525 g/mol. The van der Waals surface area contributed by atoms with Crippen molar-refractivity contribution in [2.75, 3.05) is 13.8 Å². The Hall–Kier alpha value is -3.12. The first-order valence-electron chi connectivity index (χ1n) is 14.0. The minimum absolute atomic E-state index is 0.238. The fourth-order valence-corrected chi connectivity index (χ4v) is 4.47. The van der Waals surface area contributed by atoms with Gasteiger partial charge in [-0.25, -0.2) is 0 Å². The van der Waals surface area contributed by atoms with Gasteiger partial charge < -0.3 is 24.4 Å². The van der Waals surface area contributed by atoms with Crippen molar-refractivity contribution in [2.45, 2.75) is 87.1 Å². The summed E-state index contributed by atoms with van der Waals surface area (Å²) < 4.78 is 2.37. The molecule has 6 nitrogen and oxygen atoms in total. The highest BCUT2D eigenvalue weighted by Crippen LogP contribution is 2.29. The zero-order chi connectivity index (χ0) is 29.3. The van der Waals surface area contributed by atoms with Gasteiger partial charge in [0.2, 0.25) is 5.91 Å². The highest BCUT2D eigenvalue weighted by atomic mass is 16.3. The smallest absolute Gasteiger partial charge is 0.228 e. The van der Waals surface area contributed by atoms with E-state index < -0.39 is 11.8 Å². The zero-order valence-electron chi connectivity index (χ0n) is 25.2. The van der Waals surface area contributed by atoms with Gasteiger partial charge in [0.05, 0.1) is 11.4 Å². The van der Waals surface area contributed by atoms with Crippen molar-refractivity contribution in [1.29, 1.82) is 0 Å². The third kappa shape index (κ3) is 9.02. The molecule has 3 heterocycles. The first-order chi connectivity index (χ1) is 18.3. The fraction of sp³-hybridized carbons (Fsp3) is 0.500. The van der Waals surface area contributed by atoms with E-state index in [0.29, 0.717) is 0 Å². The molecule has 2 atom stereocenters. The number of nitrogens with zero attached hydrogens (tertiary/aromatic N) is 2. The number of rotatable bonds is 6. The van der Waals surface area contributed by atoms with Crippen molar-refractivity contribution in [1.82, 2.24) is 14.5 Å². The number of carbonyl (C=O) groups is 2. The number of aliphatic hydroxyl groups excluding tert-OH is 1. The molecule has 0 radical (unpaired) electrons. The molecular formula is C32H51N3O3. The maximum Gasteiger partial charge on any atom is 0.228 e. The molecule has 1 aromatic carbocycles. The largest absolute Gasteiger partial charge is 0.376 e. The van der Waals surface area contributed by atoms with Gasteiger partial charge in [-0.1, -0.05) is 65.8 Å². The second-order valence-corrected chi connectivity index (χ2v) is 8.71. The lowest BCUT2D eigenvalue weighted by atomic mass is 9.86. The molecule has 2 N–H and O–H groups in total. The summed E-state index contributed by atoms with van der Waals surface area (Å²) in [6.45, 7) is 19.8. The van der Waals surface area contributed by atoms with Crippen molar-refractivity contribution in [2.24, 2.45) is 5.92 Å². The summed E-state index contributed by atoms with van der Waals surface area (Å²) >= 11 is 0. The van der Waals surface area contributed by atoms with E-state index in [9.17, 15) is 9.59 Å². The lowest BCUT2D eigenvalue weighted by Gasteiger charge is -2.23. The number of H-pyrrole nitrogens is 1. The van der Waals surface area contributed by atoms with Crippen LogP contribution in [0.5, 0.6) is 0 Å². The van der Waals surface area contributed by atoms with Gasteiger partial charge in [-0.2, -0.15) is 0 Å². The summed E-state index contributed by atoms with van der Waals surface area (Å²) in [5.74, 6) is -1.22. The SMILES string of the molecule is C=CC.CC.CC.CCc1[nH]cc(C(C=O)C(C)C(=O)N(C)CO)c1C.c1cc2c3c(c1)ccn3CCC2. The number of nitrogens with one attached hydrogen (secondary N) is 1. The topological polar surface area (TPSA) is 78.3 Å². The van der Waals surface area contributed by atoms with Crippen LogP contribution in [0.1, 0.15) is 83.2 Å². The van der Waals surface area contributed by atoms with Crippen LogP contribution in [-0.2, 0) is 29.0 Å². The molecule has 4 rings (SSSR count). The number of aldehydes is 1. The Morgan fingerprint density at radius 3 is 2.39 bits per heavy atom. The maximum atomic E-state index is 12.0. The van der Waals surface area contributed by atoms with Crippen LogP contribution in [-0.4, -0.2) is 45.5 Å². The van der Waals surface area contributed by atoms with Crippen LogP contribution in [0.4, 0.5) is 0 Å². The predicted octanol–water partition coefficient (Wildman–Crippen LogP) is 7.04. The van der Waals surface area contributed by atoms with Crippen LogP contribution >= 0.6 is 0 Å². The van der Waals surface area contributed by atoms with Crippen LogP contribution in [0.25, 0.3) is 10.9 Å². The minimum Gasteiger partial charge on any atom is -0.376 e. The van der Waals surface area contributed by atoms with Gasteiger partial charge in [-0.3, -0.25) is 4.79 Å². The van der Waals surface area contributed by atoms with Crippen molar-refractivity contribution in [3.05, 3.63) is 71.7 Å². The van der Waals surface area contributed by atoms with E-state index in [1.165, 1.54) is 47.8 Å². The predicted molar refractivity (Wildman–Crippen MR) is 162 cm³/mol. The van der Waals surface area contributed by atoms with Crippen LogP contribution < -0.4 is 0 Å². The number of para-hydroxylation sites is 1. The molecule has 6 heteroatoms. The van der Waals surface area contributed by atoms with Crippen molar-refractivity contribution in [3.63, 3.8) is 0 Å². The summed E-state index contributed by atoms with van der Waals surface area (Å²) in [5, 5.41) is 10.4. The number of aromatic amines is 1. The van der Waals surface area contributed by atoms with E-state index >= 15 is 0 Å². The van der Waals surface area contributed by atoms with Crippen molar-refractivity contribution >= 4 is 23.1 Å². The Balaban J connectivity index is 0.000000611. The van der Waals surface area contributed by atoms with Crippen LogP contribution in [0.3, 0.4) is 0 Å². The number of aryl methyl sites for hydroxylation is 3. The molecule has 0 saturated carbocycles. The number of hydrogen-bond donors (Lipinski definition) is 2. The minimum atomic E-state index is -0.492. The Kier molecular flexibility index (Phi) is 17.5. The van der Waals surface area contributed by atoms with E-state index in [0.717, 1.165) is 29.5 Å². The number of aromatic nitrogens is 2. The molecule has 1 aliphatic heterocycles. The number of carbonyl (C=O) groups excluding carboxylic acids is 2. The molecule has 1 amide bonds. The fourth-order valence-electron chi connectivity index (χ4n) is 4.47. The Morgan fingerprint density at radius 1 is 1.24 bits per heavy atom. The Labute approximate surface area is 230 Å². The number of allylic oxidation sites excluding steroid dienone is 1. The molecule has 212 valence electrons. The molecule has 2 aromatic heterocycles. The van der Waals surface area contributed by atoms with Gasteiger partial charge in [0.1, 0.15) is 13.0 Å². The van der Waals surface area contributed by atoms with E-state index in [1.807, 2.05) is 48.5 Å². The molecule has 3 aromatic rings. The van der Waals surface area contributed by atoms with Gasteiger partial charge in [0.25, 0.3) is 0 Å². The second-order valence-electron chi connectivity index (χ2n) is 8.71. The van der Waals surface area contributed by atoms with Crippen LogP contribution in [0.15, 0.2) is 49.3 Å². The molecular weight excluding hydrogens is 474 g/mol. The normalized spacial score (nSPS) is 12.5. The molecule has 0 aliphatic carbocycles. The summed E-state index contributed by atoms with van der Waals surface area (Å²) in [4.78, 5) is 27.8. The van der Waals surface area contributed by atoms with Gasteiger partial charge >= 0.3 is 0 Å². The van der Waals surface area contributed by atoms with Crippen LogP contribution in [0.2, 0.25) is 0 Å². The van der Waals surface area contributed by atoms with E-state index in [2.05, 4.69) is 46.6 Å². The average molecular weight is 526 g/mol. The molecule has 1 aliphatic rings. The molecule has 0 spiro atoms. The zero-order valence-corrected chi connectivity index (χ0v) is 25.2. The molecule has 0 fully saturated rings. The molecule has 2 unspecified atom stereocenters. The van der Waals surface area contributed by atoms with Gasteiger partial charge in [-0.15, -0.1) is 6.58 Å². The maximum absolute atomic E-state index is 12.0. The summed E-state index contributed by atoms with van der Waals surface area (Å²) in [7, 11) is 1.52. The summed E-state index contributed by atoms with van der Waals surface area (Å²) in [5.41, 5.74) is 5.95. The van der Waals surface area contributed by atoms with E-state index in [-0.39, 0.29) is 12.6 Å². The number of hydrogen-bond acceptors (Lipinski definition) is 3. The Morgan fingerprint density at radius 2 is 1.87 bits per heavy atom. The van der Waals surface area contributed by atoms with Gasteiger partial charge in [0.15, 0.2) is 0 Å². The second kappa shape index (κ2) is 19.0. The lowest BCUT2D eigenvalue weighted by Crippen LogP contribution is -2.35. The van der Waals surface area contributed by atoms with E-state index in [4.69, 9.17) is 5.11 Å². The Bertz CT molecular complexity index is 1100. The third-order valence-electron chi connectivity index (χ3n) is 6.38. The highest BCUT2D eigenvalue weighted by molar-refractivity contribution is 5.84. The standard InChI is InChI=1S/C14H22N2O3.C11H11N.C3H6.2C2H6/c1-5-13-9(2)11(6-15-13)12(7-17)10(3)14(19)16(4)8-18;1-3-9-5-2-7-12-8-6-10(4-1)11(9)12;1-3-2;2*1-2/h6-7,10,12,15,18H,5,8H2,1-4H3;1,3-4,6,8H,2,5,7H2;3H,1H2,2H3;2*1-2H3. The molecule has 0 saturated heterocycles. The number of amides is 1. The average Bonchev–Trinajstić information content (AvgIpc) is 3.56. The quantitative estimate of drug-likeness (QED) is 0.206. The summed E-state index contributed by atoms with van der Waals surface area (Å²) in [6.07, 6.45) is 9.96. The van der Waals surface area contributed by atoms with Gasteiger partial charge in [0, 0.05) is 37.6 Å². The highest BCUT2D eigenvalue weighted by Gasteiger charge is 2.29. The van der Waals surface area contributed by atoms with Crippen LogP contribution in [0, 0.1) is 12.8 Å².